The maximum absolute atomic E-state index is 12.4. The predicted molar refractivity (Wildman–Crippen MR) is 86.3 cm³/mol. The van der Waals surface area contributed by atoms with Crippen molar-refractivity contribution in [1.29, 1.82) is 0 Å². The molecule has 0 aliphatic heterocycles. The van der Waals surface area contributed by atoms with Gasteiger partial charge in [0.15, 0.2) is 0 Å². The molecular formula is C19H22O3. The average molecular weight is 298 g/mol. The Labute approximate surface area is 130 Å². The zero-order valence-corrected chi connectivity index (χ0v) is 12.9. The Kier molecular flexibility index (Phi) is 4.16. The summed E-state index contributed by atoms with van der Waals surface area (Å²) in [5.74, 6) is -0.146. The average Bonchev–Trinajstić information content (AvgIpc) is 2.55. The number of aliphatic hydroxyl groups excluding tert-OH is 1. The van der Waals surface area contributed by atoms with Gasteiger partial charge < -0.3 is 9.84 Å². The number of esters is 1. The monoisotopic (exact) mass is 298 g/mol. The lowest BCUT2D eigenvalue weighted by Gasteiger charge is -2.33. The maximum atomic E-state index is 12.4. The molecule has 2 aromatic rings. The van der Waals surface area contributed by atoms with Crippen molar-refractivity contribution >= 4 is 16.7 Å². The fourth-order valence-corrected chi connectivity index (χ4v) is 3.18. The molecule has 2 aromatic carbocycles. The fourth-order valence-electron chi connectivity index (χ4n) is 3.18. The zero-order chi connectivity index (χ0) is 15.6. The van der Waals surface area contributed by atoms with Crippen molar-refractivity contribution in [2.24, 2.45) is 5.41 Å². The molecule has 0 saturated heterocycles. The van der Waals surface area contributed by atoms with Crippen molar-refractivity contribution in [1.82, 2.24) is 0 Å². The van der Waals surface area contributed by atoms with Crippen LogP contribution in [0.15, 0.2) is 42.5 Å². The molecule has 3 heteroatoms. The van der Waals surface area contributed by atoms with Crippen LogP contribution in [0.1, 0.15) is 38.2 Å². The number of benzene rings is 2. The van der Waals surface area contributed by atoms with Gasteiger partial charge >= 0.3 is 5.97 Å². The molecule has 0 spiro atoms. The van der Waals surface area contributed by atoms with E-state index in [-0.39, 0.29) is 12.1 Å². The Morgan fingerprint density at radius 2 is 1.86 bits per heavy atom. The van der Waals surface area contributed by atoms with Gasteiger partial charge in [-0.25, -0.2) is 0 Å². The Morgan fingerprint density at radius 3 is 2.64 bits per heavy atom. The van der Waals surface area contributed by atoms with E-state index in [4.69, 9.17) is 4.74 Å². The van der Waals surface area contributed by atoms with Gasteiger partial charge in [-0.3, -0.25) is 4.79 Å². The Balaban J connectivity index is 1.70. The SMILES string of the molecule is C[C@]1(C(=O)OCc2cccc3ccccc23)CC[C@H](O)CC1. The molecule has 1 N–H and O–H groups in total. The molecule has 3 nitrogen and oxygen atoms in total. The normalized spacial score (nSPS) is 25.1. The first-order valence-electron chi connectivity index (χ1n) is 7.90. The third kappa shape index (κ3) is 3.00. The van der Waals surface area contributed by atoms with Crippen molar-refractivity contribution in [2.45, 2.75) is 45.3 Å². The van der Waals surface area contributed by atoms with Crippen LogP contribution in [0.2, 0.25) is 0 Å². The summed E-state index contributed by atoms with van der Waals surface area (Å²) >= 11 is 0. The number of hydrogen-bond acceptors (Lipinski definition) is 3. The highest BCUT2D eigenvalue weighted by Crippen LogP contribution is 2.37. The number of carbonyl (C=O) groups excluding carboxylic acids is 1. The van der Waals surface area contributed by atoms with Crippen LogP contribution in [0.5, 0.6) is 0 Å². The van der Waals surface area contributed by atoms with Crippen molar-refractivity contribution < 1.29 is 14.6 Å². The van der Waals surface area contributed by atoms with Crippen LogP contribution in [0.3, 0.4) is 0 Å². The number of fused-ring (bicyclic) bond motifs is 1. The summed E-state index contributed by atoms with van der Waals surface area (Å²) in [7, 11) is 0. The third-order valence-corrected chi connectivity index (χ3v) is 4.79. The summed E-state index contributed by atoms with van der Waals surface area (Å²) in [6.45, 7) is 2.25. The molecule has 0 amide bonds. The second-order valence-corrected chi connectivity index (χ2v) is 6.51. The number of ether oxygens (including phenoxy) is 1. The minimum atomic E-state index is -0.455. The van der Waals surface area contributed by atoms with Crippen LogP contribution < -0.4 is 0 Å². The molecule has 0 heterocycles. The van der Waals surface area contributed by atoms with E-state index in [0.29, 0.717) is 32.3 Å². The van der Waals surface area contributed by atoms with E-state index >= 15 is 0 Å². The fraction of sp³-hybridized carbons (Fsp3) is 0.421. The van der Waals surface area contributed by atoms with E-state index < -0.39 is 5.41 Å². The summed E-state index contributed by atoms with van der Waals surface area (Å²) in [6, 6.07) is 14.2. The lowest BCUT2D eigenvalue weighted by molar-refractivity contribution is -0.159. The van der Waals surface area contributed by atoms with E-state index in [9.17, 15) is 9.90 Å². The lowest BCUT2D eigenvalue weighted by Crippen LogP contribution is -2.35. The van der Waals surface area contributed by atoms with E-state index in [1.54, 1.807) is 0 Å². The summed E-state index contributed by atoms with van der Waals surface area (Å²) in [5, 5.41) is 11.9. The van der Waals surface area contributed by atoms with Gasteiger partial charge in [0.25, 0.3) is 0 Å². The molecule has 0 bridgehead atoms. The first kappa shape index (κ1) is 15.0. The van der Waals surface area contributed by atoms with Gasteiger partial charge in [0, 0.05) is 0 Å². The van der Waals surface area contributed by atoms with Gasteiger partial charge in [-0.2, -0.15) is 0 Å². The Hall–Kier alpha value is -1.87. The van der Waals surface area contributed by atoms with Gasteiger partial charge in [0.1, 0.15) is 6.61 Å². The van der Waals surface area contributed by atoms with E-state index in [2.05, 4.69) is 18.2 Å². The van der Waals surface area contributed by atoms with Gasteiger partial charge in [-0.1, -0.05) is 42.5 Å². The van der Waals surface area contributed by atoms with Crippen LogP contribution in [-0.2, 0) is 16.1 Å². The first-order valence-corrected chi connectivity index (χ1v) is 7.90. The minimum absolute atomic E-state index is 0.146. The molecule has 1 aliphatic rings. The minimum Gasteiger partial charge on any atom is -0.460 e. The highest BCUT2D eigenvalue weighted by molar-refractivity contribution is 5.86. The lowest BCUT2D eigenvalue weighted by atomic mass is 9.75. The molecule has 0 atom stereocenters. The highest BCUT2D eigenvalue weighted by Gasteiger charge is 2.38. The van der Waals surface area contributed by atoms with Crippen molar-refractivity contribution in [3.8, 4) is 0 Å². The molecule has 22 heavy (non-hydrogen) atoms. The molecule has 1 aliphatic carbocycles. The van der Waals surface area contributed by atoms with Crippen LogP contribution in [0.25, 0.3) is 10.8 Å². The molecule has 3 rings (SSSR count). The largest absolute Gasteiger partial charge is 0.460 e. The standard InChI is InChI=1S/C19H22O3/c1-19(11-9-16(20)10-12-19)18(21)22-13-15-7-4-6-14-5-2-3-8-17(14)15/h2-8,16,20H,9-13H2,1H3/t16-,19-. The summed E-state index contributed by atoms with van der Waals surface area (Å²) in [6.07, 6.45) is 2.49. The smallest absolute Gasteiger partial charge is 0.312 e. The topological polar surface area (TPSA) is 46.5 Å². The number of rotatable bonds is 3. The second kappa shape index (κ2) is 6.09. The van der Waals surface area contributed by atoms with Gasteiger partial charge in [0.05, 0.1) is 11.5 Å². The number of carbonyl (C=O) groups is 1. The van der Waals surface area contributed by atoms with Gasteiger partial charge in [0.2, 0.25) is 0 Å². The second-order valence-electron chi connectivity index (χ2n) is 6.51. The molecule has 0 unspecified atom stereocenters. The van der Waals surface area contributed by atoms with Crippen LogP contribution >= 0.6 is 0 Å². The maximum Gasteiger partial charge on any atom is 0.312 e. The summed E-state index contributed by atoms with van der Waals surface area (Å²) < 4.78 is 5.59. The molecular weight excluding hydrogens is 276 g/mol. The number of hydrogen-bond donors (Lipinski definition) is 1. The molecule has 1 saturated carbocycles. The Morgan fingerprint density at radius 1 is 1.18 bits per heavy atom. The first-order chi connectivity index (χ1) is 10.6. The van der Waals surface area contributed by atoms with E-state index in [1.807, 2.05) is 31.2 Å². The van der Waals surface area contributed by atoms with Crippen LogP contribution in [0.4, 0.5) is 0 Å². The van der Waals surface area contributed by atoms with E-state index in [1.165, 1.54) is 0 Å². The predicted octanol–water partition coefficient (Wildman–Crippen LogP) is 3.82. The van der Waals surface area contributed by atoms with Crippen LogP contribution in [0, 0.1) is 5.41 Å². The summed E-state index contributed by atoms with van der Waals surface area (Å²) in [5.41, 5.74) is 0.579. The zero-order valence-electron chi connectivity index (χ0n) is 12.9. The van der Waals surface area contributed by atoms with Gasteiger partial charge in [-0.15, -0.1) is 0 Å². The van der Waals surface area contributed by atoms with E-state index in [0.717, 1.165) is 16.3 Å². The van der Waals surface area contributed by atoms with Crippen molar-refractivity contribution in [2.75, 3.05) is 0 Å². The summed E-state index contributed by atoms with van der Waals surface area (Å²) in [4.78, 5) is 12.4. The highest BCUT2D eigenvalue weighted by atomic mass is 16.5. The molecule has 0 aromatic heterocycles. The van der Waals surface area contributed by atoms with Crippen LogP contribution in [-0.4, -0.2) is 17.2 Å². The van der Waals surface area contributed by atoms with Gasteiger partial charge in [-0.05, 0) is 48.9 Å². The quantitative estimate of drug-likeness (QED) is 0.876. The molecule has 1 fully saturated rings. The Bertz CT molecular complexity index is 664. The molecule has 116 valence electrons. The molecule has 0 radical (unpaired) electrons. The van der Waals surface area contributed by atoms with Crippen molar-refractivity contribution in [3.63, 3.8) is 0 Å². The number of aliphatic hydroxyl groups is 1. The third-order valence-electron chi connectivity index (χ3n) is 4.79. The van der Waals surface area contributed by atoms with Crippen molar-refractivity contribution in [3.05, 3.63) is 48.0 Å².